The molecule has 4 nitrogen and oxygen atoms in total. The number of hydrogen-bond acceptors (Lipinski definition) is 4. The Bertz CT molecular complexity index is 535. The molecule has 0 unspecified atom stereocenters. The van der Waals surface area contributed by atoms with E-state index in [0.717, 1.165) is 24.2 Å². The first-order chi connectivity index (χ1) is 8.97. The van der Waals surface area contributed by atoms with Crippen LogP contribution in [0.1, 0.15) is 27.7 Å². The van der Waals surface area contributed by atoms with Crippen molar-refractivity contribution in [2.45, 2.75) is 27.7 Å². The molecule has 4 heteroatoms. The number of fused-ring (bicyclic) bond motifs is 1. The predicted octanol–water partition coefficient (Wildman–Crippen LogP) is 3.53. The van der Waals surface area contributed by atoms with Crippen LogP contribution >= 0.6 is 0 Å². The number of nitrogens with two attached hydrogens (primary N) is 1. The zero-order chi connectivity index (χ0) is 14.0. The Morgan fingerprint density at radius 3 is 2.32 bits per heavy atom. The molecule has 1 aromatic heterocycles. The molecule has 0 spiro atoms. The van der Waals surface area contributed by atoms with Crippen molar-refractivity contribution in [2.24, 2.45) is 11.8 Å². The maximum absolute atomic E-state index is 5.93. The summed E-state index contributed by atoms with van der Waals surface area (Å²) in [6.45, 7) is 10.7. The van der Waals surface area contributed by atoms with E-state index in [9.17, 15) is 0 Å². The van der Waals surface area contributed by atoms with Crippen molar-refractivity contribution >= 4 is 22.8 Å². The van der Waals surface area contributed by atoms with Gasteiger partial charge in [-0.05, 0) is 24.0 Å². The Morgan fingerprint density at radius 2 is 1.79 bits per heavy atom. The minimum Gasteiger partial charge on any atom is -0.423 e. The van der Waals surface area contributed by atoms with Crippen LogP contribution in [0.25, 0.3) is 11.1 Å². The van der Waals surface area contributed by atoms with Gasteiger partial charge in [-0.2, -0.15) is 4.98 Å². The molecule has 0 bridgehead atoms. The summed E-state index contributed by atoms with van der Waals surface area (Å²) < 4.78 is 5.85. The van der Waals surface area contributed by atoms with Crippen LogP contribution in [0.4, 0.5) is 11.7 Å². The zero-order valence-electron chi connectivity index (χ0n) is 12.2. The van der Waals surface area contributed by atoms with E-state index in [1.807, 2.05) is 18.2 Å². The summed E-state index contributed by atoms with van der Waals surface area (Å²) in [7, 11) is 0. The minimum atomic E-state index is 0.561. The van der Waals surface area contributed by atoms with Crippen molar-refractivity contribution < 1.29 is 4.42 Å². The van der Waals surface area contributed by atoms with Crippen LogP contribution < -0.4 is 10.6 Å². The zero-order valence-corrected chi connectivity index (χ0v) is 12.2. The van der Waals surface area contributed by atoms with E-state index in [1.54, 1.807) is 0 Å². The van der Waals surface area contributed by atoms with E-state index in [2.05, 4.69) is 37.6 Å². The monoisotopic (exact) mass is 261 g/mol. The SMILES string of the molecule is CC(C)CN(CC(C)C)c1nc2c(N)cccc2o1. The van der Waals surface area contributed by atoms with Gasteiger partial charge in [-0.3, -0.25) is 0 Å². The van der Waals surface area contributed by atoms with E-state index in [4.69, 9.17) is 10.2 Å². The van der Waals surface area contributed by atoms with Crippen molar-refractivity contribution in [3.05, 3.63) is 18.2 Å². The smallest absolute Gasteiger partial charge is 0.298 e. The number of hydrogen-bond donors (Lipinski definition) is 1. The van der Waals surface area contributed by atoms with Gasteiger partial charge in [-0.15, -0.1) is 0 Å². The fraction of sp³-hybridized carbons (Fsp3) is 0.533. The molecule has 0 amide bonds. The molecule has 0 atom stereocenters. The molecule has 0 saturated heterocycles. The Morgan fingerprint density at radius 1 is 1.16 bits per heavy atom. The molecule has 0 radical (unpaired) electrons. The summed E-state index contributed by atoms with van der Waals surface area (Å²) in [5.41, 5.74) is 8.12. The topological polar surface area (TPSA) is 55.3 Å². The molecule has 2 aromatic rings. The standard InChI is InChI=1S/C15H23N3O/c1-10(2)8-18(9-11(3)4)15-17-14-12(16)6-5-7-13(14)19-15/h5-7,10-11H,8-9,16H2,1-4H3. The quantitative estimate of drug-likeness (QED) is 0.837. The Labute approximate surface area is 114 Å². The molecule has 2 N–H and O–H groups in total. The fourth-order valence-corrected chi connectivity index (χ4v) is 2.21. The third-order valence-corrected chi connectivity index (χ3v) is 2.88. The van der Waals surface area contributed by atoms with Gasteiger partial charge in [0.1, 0.15) is 5.52 Å². The Kier molecular flexibility index (Phi) is 3.98. The second-order valence-corrected chi connectivity index (χ2v) is 5.88. The van der Waals surface area contributed by atoms with Gasteiger partial charge >= 0.3 is 0 Å². The van der Waals surface area contributed by atoms with E-state index in [0.29, 0.717) is 23.5 Å². The van der Waals surface area contributed by atoms with Crippen molar-refractivity contribution in [1.29, 1.82) is 0 Å². The molecule has 1 aromatic carbocycles. The number of aromatic nitrogens is 1. The van der Waals surface area contributed by atoms with E-state index < -0.39 is 0 Å². The van der Waals surface area contributed by atoms with Gasteiger partial charge in [0.05, 0.1) is 5.69 Å². The number of anilines is 2. The van der Waals surface area contributed by atoms with Gasteiger partial charge < -0.3 is 15.1 Å². The largest absolute Gasteiger partial charge is 0.423 e. The maximum atomic E-state index is 5.93. The lowest BCUT2D eigenvalue weighted by atomic mass is 10.1. The maximum Gasteiger partial charge on any atom is 0.298 e. The Hall–Kier alpha value is -1.71. The average molecular weight is 261 g/mol. The summed E-state index contributed by atoms with van der Waals surface area (Å²) in [5.74, 6) is 1.12. The van der Waals surface area contributed by atoms with Crippen LogP contribution in [0.3, 0.4) is 0 Å². The first-order valence-electron chi connectivity index (χ1n) is 6.87. The molecule has 0 fully saturated rings. The number of benzene rings is 1. The summed E-state index contributed by atoms with van der Waals surface area (Å²) in [5, 5.41) is 0. The van der Waals surface area contributed by atoms with Crippen LogP contribution in [0.5, 0.6) is 0 Å². The van der Waals surface area contributed by atoms with Crippen molar-refractivity contribution in [2.75, 3.05) is 23.7 Å². The summed E-state index contributed by atoms with van der Waals surface area (Å²) in [4.78, 5) is 6.76. The molecule has 104 valence electrons. The number of nitrogens with zero attached hydrogens (tertiary/aromatic N) is 2. The van der Waals surface area contributed by atoms with Gasteiger partial charge in [-0.1, -0.05) is 33.8 Å². The van der Waals surface area contributed by atoms with Crippen molar-refractivity contribution in [3.63, 3.8) is 0 Å². The molecular weight excluding hydrogens is 238 g/mol. The molecule has 0 saturated carbocycles. The highest BCUT2D eigenvalue weighted by Crippen LogP contribution is 2.26. The highest BCUT2D eigenvalue weighted by atomic mass is 16.4. The van der Waals surface area contributed by atoms with Crippen LogP contribution in [0.2, 0.25) is 0 Å². The molecule has 19 heavy (non-hydrogen) atoms. The normalized spacial score (nSPS) is 11.7. The first-order valence-corrected chi connectivity index (χ1v) is 6.87. The lowest BCUT2D eigenvalue weighted by Gasteiger charge is -2.24. The van der Waals surface area contributed by atoms with E-state index in [-0.39, 0.29) is 0 Å². The number of nitrogen functional groups attached to an aromatic ring is 1. The molecular formula is C15H23N3O. The van der Waals surface area contributed by atoms with Crippen LogP contribution in [0.15, 0.2) is 22.6 Å². The van der Waals surface area contributed by atoms with Gasteiger partial charge in [0.25, 0.3) is 6.01 Å². The van der Waals surface area contributed by atoms with E-state index in [1.165, 1.54) is 0 Å². The van der Waals surface area contributed by atoms with Crippen molar-refractivity contribution in [3.8, 4) is 0 Å². The molecule has 0 aliphatic rings. The minimum absolute atomic E-state index is 0.561. The number of rotatable bonds is 5. The number of oxazole rings is 1. The van der Waals surface area contributed by atoms with Crippen LogP contribution in [0, 0.1) is 11.8 Å². The molecule has 0 aliphatic heterocycles. The van der Waals surface area contributed by atoms with E-state index >= 15 is 0 Å². The van der Waals surface area contributed by atoms with Crippen LogP contribution in [-0.4, -0.2) is 18.1 Å². The lowest BCUT2D eigenvalue weighted by Crippen LogP contribution is -2.31. The summed E-state index contributed by atoms with van der Waals surface area (Å²) in [6, 6.07) is 6.33. The second kappa shape index (κ2) is 5.51. The molecule has 2 rings (SSSR count). The average Bonchev–Trinajstić information content (AvgIpc) is 2.72. The van der Waals surface area contributed by atoms with Gasteiger partial charge in [0, 0.05) is 13.1 Å². The number of para-hydroxylation sites is 1. The summed E-state index contributed by atoms with van der Waals surface area (Å²) in [6.07, 6.45) is 0. The summed E-state index contributed by atoms with van der Waals surface area (Å²) >= 11 is 0. The van der Waals surface area contributed by atoms with Crippen molar-refractivity contribution in [1.82, 2.24) is 4.98 Å². The third-order valence-electron chi connectivity index (χ3n) is 2.88. The third kappa shape index (κ3) is 3.19. The Balaban J connectivity index is 2.35. The highest BCUT2D eigenvalue weighted by Gasteiger charge is 2.17. The second-order valence-electron chi connectivity index (χ2n) is 5.88. The fourth-order valence-electron chi connectivity index (χ4n) is 2.21. The van der Waals surface area contributed by atoms with Gasteiger partial charge in [-0.25, -0.2) is 0 Å². The molecule has 0 aliphatic carbocycles. The predicted molar refractivity (Wildman–Crippen MR) is 80.3 cm³/mol. The van der Waals surface area contributed by atoms with Gasteiger partial charge in [0.2, 0.25) is 0 Å². The molecule has 1 heterocycles. The van der Waals surface area contributed by atoms with Crippen LogP contribution in [-0.2, 0) is 0 Å². The van der Waals surface area contributed by atoms with Gasteiger partial charge in [0.15, 0.2) is 5.58 Å². The first kappa shape index (κ1) is 13.7. The lowest BCUT2D eigenvalue weighted by molar-refractivity contribution is 0.495. The highest BCUT2D eigenvalue weighted by molar-refractivity contribution is 5.86.